The molecule has 0 spiro atoms. The summed E-state index contributed by atoms with van der Waals surface area (Å²) in [6.45, 7) is -0.178. The van der Waals surface area contributed by atoms with Crippen LogP contribution in [0.4, 0.5) is 4.39 Å². The molecule has 3 nitrogen and oxygen atoms in total. The molecule has 4 heteroatoms. The molecule has 1 unspecified atom stereocenters. The molecular weight excluding hydrogens is 199 g/mol. The number of aliphatic hydroxyl groups excluding tert-OH is 1. The van der Waals surface area contributed by atoms with Crippen molar-refractivity contribution in [2.75, 3.05) is 6.61 Å². The molecule has 2 atom stereocenters. The Balaban J connectivity index is 2.40. The van der Waals surface area contributed by atoms with Crippen molar-refractivity contribution < 1.29 is 19.4 Å². The lowest BCUT2D eigenvalue weighted by Crippen LogP contribution is -2.23. The molecule has 1 fully saturated rings. The van der Waals surface area contributed by atoms with Crippen LogP contribution in [-0.2, 0) is 10.2 Å². The zero-order valence-corrected chi connectivity index (χ0v) is 7.98. The molecular formula is C11H11FO3. The van der Waals surface area contributed by atoms with Gasteiger partial charge in [-0.05, 0) is 24.1 Å². The quantitative estimate of drug-likeness (QED) is 0.787. The van der Waals surface area contributed by atoms with Crippen LogP contribution in [0.25, 0.3) is 0 Å². The van der Waals surface area contributed by atoms with Gasteiger partial charge in [0.1, 0.15) is 5.82 Å². The van der Waals surface area contributed by atoms with Crippen LogP contribution >= 0.6 is 0 Å². The fourth-order valence-electron chi connectivity index (χ4n) is 2.06. The highest BCUT2D eigenvalue weighted by molar-refractivity contribution is 5.85. The van der Waals surface area contributed by atoms with E-state index >= 15 is 0 Å². The monoisotopic (exact) mass is 210 g/mol. The van der Waals surface area contributed by atoms with Crippen LogP contribution in [-0.4, -0.2) is 22.8 Å². The second kappa shape index (κ2) is 3.31. The van der Waals surface area contributed by atoms with Gasteiger partial charge in [0.2, 0.25) is 0 Å². The molecule has 80 valence electrons. The zero-order valence-electron chi connectivity index (χ0n) is 7.98. The molecule has 1 aromatic carbocycles. The summed E-state index contributed by atoms with van der Waals surface area (Å²) in [6.07, 6.45) is 0.377. The third kappa shape index (κ3) is 1.41. The van der Waals surface area contributed by atoms with E-state index in [-0.39, 0.29) is 12.5 Å². The number of carboxylic acid groups (broad SMARTS) is 1. The summed E-state index contributed by atoms with van der Waals surface area (Å²) < 4.78 is 13.0. The van der Waals surface area contributed by atoms with E-state index in [1.54, 1.807) is 6.07 Å². The number of rotatable bonds is 3. The normalized spacial score (nSPS) is 28.8. The van der Waals surface area contributed by atoms with Crippen molar-refractivity contribution in [1.29, 1.82) is 0 Å². The molecule has 0 aliphatic heterocycles. The predicted molar refractivity (Wildman–Crippen MR) is 50.9 cm³/mol. The minimum atomic E-state index is -1.07. The van der Waals surface area contributed by atoms with Crippen molar-refractivity contribution in [2.45, 2.75) is 11.8 Å². The fourth-order valence-corrected chi connectivity index (χ4v) is 2.06. The zero-order chi connectivity index (χ0) is 11.1. The van der Waals surface area contributed by atoms with Crippen molar-refractivity contribution in [3.63, 3.8) is 0 Å². The summed E-state index contributed by atoms with van der Waals surface area (Å²) in [4.78, 5) is 11.1. The summed E-state index contributed by atoms with van der Waals surface area (Å²) in [5, 5.41) is 18.1. The van der Waals surface area contributed by atoms with E-state index in [0.717, 1.165) is 0 Å². The van der Waals surface area contributed by atoms with Crippen LogP contribution in [0.1, 0.15) is 12.0 Å². The summed E-state index contributed by atoms with van der Waals surface area (Å²) in [5.74, 6) is -1.74. The molecule has 2 rings (SSSR count). The number of hydrogen-bond donors (Lipinski definition) is 2. The topological polar surface area (TPSA) is 57.5 Å². The van der Waals surface area contributed by atoms with Crippen molar-refractivity contribution in [3.8, 4) is 0 Å². The van der Waals surface area contributed by atoms with Gasteiger partial charge >= 0.3 is 5.97 Å². The van der Waals surface area contributed by atoms with E-state index < -0.39 is 17.2 Å². The molecule has 1 aliphatic carbocycles. The highest BCUT2D eigenvalue weighted by atomic mass is 19.1. The van der Waals surface area contributed by atoms with Crippen LogP contribution in [0.3, 0.4) is 0 Å². The lowest BCUT2D eigenvalue weighted by Gasteiger charge is -2.11. The van der Waals surface area contributed by atoms with E-state index in [2.05, 4.69) is 0 Å². The molecule has 0 aromatic heterocycles. The van der Waals surface area contributed by atoms with Gasteiger partial charge in [-0.25, -0.2) is 4.39 Å². The lowest BCUT2D eigenvalue weighted by atomic mass is 9.93. The maximum atomic E-state index is 13.0. The maximum Gasteiger partial charge on any atom is 0.314 e. The second-order valence-electron chi connectivity index (χ2n) is 3.87. The van der Waals surface area contributed by atoms with Crippen molar-refractivity contribution in [2.24, 2.45) is 5.92 Å². The first-order valence-electron chi connectivity index (χ1n) is 4.71. The number of hydrogen-bond acceptors (Lipinski definition) is 2. The number of aliphatic carboxylic acids is 1. The molecule has 0 radical (unpaired) electrons. The van der Waals surface area contributed by atoms with Gasteiger partial charge in [-0.2, -0.15) is 0 Å². The molecule has 0 bridgehead atoms. The number of benzene rings is 1. The standard InChI is InChI=1S/C11H11FO3/c12-9-3-1-2-7(4-9)11(10(14)15)5-8(11)6-13/h1-4,8,13H,5-6H2,(H,14,15)/t8?,11-/m1/s1. The molecule has 1 saturated carbocycles. The first kappa shape index (κ1) is 10.1. The van der Waals surface area contributed by atoms with Gasteiger partial charge in [-0.3, -0.25) is 4.79 Å². The van der Waals surface area contributed by atoms with Gasteiger partial charge in [-0.1, -0.05) is 12.1 Å². The first-order chi connectivity index (χ1) is 7.11. The predicted octanol–water partition coefficient (Wildman–Crippen LogP) is 1.16. The second-order valence-corrected chi connectivity index (χ2v) is 3.87. The highest BCUT2D eigenvalue weighted by Crippen LogP contribution is 2.54. The number of carbonyl (C=O) groups is 1. The third-order valence-corrected chi connectivity index (χ3v) is 3.05. The van der Waals surface area contributed by atoms with Crippen LogP contribution in [0, 0.1) is 11.7 Å². The first-order valence-corrected chi connectivity index (χ1v) is 4.71. The van der Waals surface area contributed by atoms with Gasteiger partial charge in [0.05, 0.1) is 5.41 Å². The fraction of sp³-hybridized carbons (Fsp3) is 0.364. The van der Waals surface area contributed by atoms with E-state index in [1.807, 2.05) is 0 Å². The molecule has 0 amide bonds. The minimum absolute atomic E-state index is 0.178. The summed E-state index contributed by atoms with van der Waals surface area (Å²) in [6, 6.07) is 5.58. The van der Waals surface area contributed by atoms with Crippen LogP contribution < -0.4 is 0 Å². The van der Waals surface area contributed by atoms with Gasteiger partial charge in [0, 0.05) is 12.5 Å². The lowest BCUT2D eigenvalue weighted by molar-refractivity contribution is -0.140. The molecule has 1 aliphatic rings. The Labute approximate surface area is 86.2 Å². The van der Waals surface area contributed by atoms with Gasteiger partial charge in [0.25, 0.3) is 0 Å². The van der Waals surface area contributed by atoms with Crippen LogP contribution in [0.2, 0.25) is 0 Å². The molecule has 0 heterocycles. The third-order valence-electron chi connectivity index (χ3n) is 3.05. The Morgan fingerprint density at radius 2 is 2.33 bits per heavy atom. The van der Waals surface area contributed by atoms with E-state index in [1.165, 1.54) is 18.2 Å². The number of carboxylic acids is 1. The van der Waals surface area contributed by atoms with Gasteiger partial charge in [-0.15, -0.1) is 0 Å². The number of aliphatic hydroxyl groups is 1. The average Bonchev–Trinajstić information content (AvgIpc) is 2.93. The Kier molecular flexibility index (Phi) is 2.23. The maximum absolute atomic E-state index is 13.0. The Morgan fingerprint density at radius 1 is 1.60 bits per heavy atom. The Morgan fingerprint density at radius 3 is 2.80 bits per heavy atom. The SMILES string of the molecule is O=C(O)[C@@]1(c2cccc(F)c2)CC1CO. The van der Waals surface area contributed by atoms with Crippen molar-refractivity contribution in [3.05, 3.63) is 35.6 Å². The summed E-state index contributed by atoms with van der Waals surface area (Å²) in [7, 11) is 0. The smallest absolute Gasteiger partial charge is 0.314 e. The van der Waals surface area contributed by atoms with Gasteiger partial charge in [0.15, 0.2) is 0 Å². The van der Waals surface area contributed by atoms with E-state index in [9.17, 15) is 9.18 Å². The van der Waals surface area contributed by atoms with E-state index in [0.29, 0.717) is 12.0 Å². The number of halogens is 1. The molecule has 2 N–H and O–H groups in total. The Bertz CT molecular complexity index is 405. The van der Waals surface area contributed by atoms with Crippen molar-refractivity contribution in [1.82, 2.24) is 0 Å². The Hall–Kier alpha value is -1.42. The summed E-state index contributed by atoms with van der Waals surface area (Å²) >= 11 is 0. The molecule has 15 heavy (non-hydrogen) atoms. The summed E-state index contributed by atoms with van der Waals surface area (Å²) in [5.41, 5.74) is -0.634. The van der Waals surface area contributed by atoms with E-state index in [4.69, 9.17) is 10.2 Å². The average molecular weight is 210 g/mol. The largest absolute Gasteiger partial charge is 0.481 e. The molecule has 1 aromatic rings. The van der Waals surface area contributed by atoms with Crippen LogP contribution in [0.15, 0.2) is 24.3 Å². The van der Waals surface area contributed by atoms with Crippen molar-refractivity contribution >= 4 is 5.97 Å². The highest BCUT2D eigenvalue weighted by Gasteiger charge is 2.61. The van der Waals surface area contributed by atoms with Gasteiger partial charge < -0.3 is 10.2 Å². The molecule has 0 saturated heterocycles. The minimum Gasteiger partial charge on any atom is -0.481 e. The van der Waals surface area contributed by atoms with Crippen LogP contribution in [0.5, 0.6) is 0 Å².